The van der Waals surface area contributed by atoms with Crippen LogP contribution in [0.1, 0.15) is 31.0 Å². The molecule has 2 aromatic heterocycles. The van der Waals surface area contributed by atoms with Gasteiger partial charge in [0.25, 0.3) is 5.56 Å². The Bertz CT molecular complexity index is 912. The Balaban J connectivity index is 1.72. The number of H-pyrrole nitrogens is 1. The van der Waals surface area contributed by atoms with Crippen molar-refractivity contribution >= 4 is 16.8 Å². The van der Waals surface area contributed by atoms with E-state index in [9.17, 15) is 14.0 Å². The maximum Gasteiger partial charge on any atom is 0.252 e. The quantitative estimate of drug-likeness (QED) is 0.754. The topological polar surface area (TPSA) is 111 Å². The number of aromatic amines is 1. The van der Waals surface area contributed by atoms with E-state index in [0.717, 1.165) is 0 Å². The zero-order chi connectivity index (χ0) is 18.7. The Hall–Kier alpha value is -2.79. The number of nitrogens with one attached hydrogen (secondary N) is 3. The van der Waals surface area contributed by atoms with Gasteiger partial charge in [0, 0.05) is 35.8 Å². The summed E-state index contributed by atoms with van der Waals surface area (Å²) in [6.07, 6.45) is 1.63. The smallest absolute Gasteiger partial charge is 0.252 e. The van der Waals surface area contributed by atoms with Gasteiger partial charge in [-0.2, -0.15) is 5.26 Å². The van der Waals surface area contributed by atoms with Crippen molar-refractivity contribution in [2.24, 2.45) is 0 Å². The van der Waals surface area contributed by atoms with Crippen molar-refractivity contribution in [2.45, 2.75) is 44.4 Å². The number of aromatic nitrogens is 2. The van der Waals surface area contributed by atoms with Crippen LogP contribution in [-0.2, 0) is 11.2 Å². The number of nitriles is 1. The summed E-state index contributed by atoms with van der Waals surface area (Å²) in [5.41, 5.74) is 0.603. The molecule has 8 heteroatoms. The third kappa shape index (κ3) is 3.89. The van der Waals surface area contributed by atoms with Crippen LogP contribution in [0.15, 0.2) is 23.1 Å². The molecule has 3 atom stereocenters. The molecule has 0 bridgehead atoms. The summed E-state index contributed by atoms with van der Waals surface area (Å²) in [7, 11) is 0. The third-order valence-electron chi connectivity index (χ3n) is 4.69. The van der Waals surface area contributed by atoms with Gasteiger partial charge in [0.2, 0.25) is 5.91 Å². The number of halogens is 1. The van der Waals surface area contributed by atoms with Crippen molar-refractivity contribution in [3.8, 4) is 6.07 Å². The Labute approximate surface area is 149 Å². The molecule has 3 heterocycles. The Morgan fingerprint density at radius 3 is 3.04 bits per heavy atom. The van der Waals surface area contributed by atoms with Crippen molar-refractivity contribution in [3.63, 3.8) is 0 Å². The molecular formula is C18H20FN5O2. The number of nitrogens with zero attached hydrogens (tertiary/aromatic N) is 2. The van der Waals surface area contributed by atoms with E-state index in [1.165, 1.54) is 12.3 Å². The lowest BCUT2D eigenvalue weighted by Crippen LogP contribution is -2.52. The lowest BCUT2D eigenvalue weighted by Gasteiger charge is -2.31. The van der Waals surface area contributed by atoms with Gasteiger partial charge in [-0.15, -0.1) is 0 Å². The zero-order valence-corrected chi connectivity index (χ0v) is 14.4. The highest BCUT2D eigenvalue weighted by molar-refractivity contribution is 5.85. The predicted octanol–water partition coefficient (Wildman–Crippen LogP) is 0.932. The molecule has 3 rings (SSSR count). The molecule has 1 amide bonds. The second-order valence-corrected chi connectivity index (χ2v) is 6.58. The van der Waals surface area contributed by atoms with Crippen LogP contribution < -0.4 is 16.2 Å². The minimum absolute atomic E-state index is 0.00947. The largest absolute Gasteiger partial charge is 0.352 e. The number of carbonyl (C=O) groups excluding carboxylic acids is 1. The van der Waals surface area contributed by atoms with Gasteiger partial charge in [0.05, 0.1) is 11.9 Å². The highest BCUT2D eigenvalue weighted by atomic mass is 19.1. The van der Waals surface area contributed by atoms with Crippen LogP contribution in [0.2, 0.25) is 0 Å². The summed E-state index contributed by atoms with van der Waals surface area (Å²) < 4.78 is 13.2. The van der Waals surface area contributed by atoms with E-state index in [1.54, 1.807) is 6.07 Å². The van der Waals surface area contributed by atoms with Crippen LogP contribution in [0.3, 0.4) is 0 Å². The van der Waals surface area contributed by atoms with Crippen LogP contribution in [0, 0.1) is 11.3 Å². The lowest BCUT2D eigenvalue weighted by molar-refractivity contribution is -0.121. The molecule has 1 saturated heterocycles. The first kappa shape index (κ1) is 18.0. The van der Waals surface area contributed by atoms with Gasteiger partial charge >= 0.3 is 0 Å². The maximum atomic E-state index is 13.2. The molecule has 7 nitrogen and oxygen atoms in total. The zero-order valence-electron chi connectivity index (χ0n) is 14.4. The molecule has 0 radical (unpaired) electrons. The van der Waals surface area contributed by atoms with Crippen molar-refractivity contribution in [3.05, 3.63) is 39.9 Å². The van der Waals surface area contributed by atoms with Gasteiger partial charge in [0.1, 0.15) is 17.9 Å². The number of hydrogen-bond acceptors (Lipinski definition) is 5. The summed E-state index contributed by atoms with van der Waals surface area (Å²) in [6, 6.07) is 4.96. The minimum Gasteiger partial charge on any atom is -0.352 e. The number of amides is 1. The van der Waals surface area contributed by atoms with Crippen LogP contribution in [0.4, 0.5) is 4.39 Å². The summed E-state index contributed by atoms with van der Waals surface area (Å²) in [6.45, 7) is 2.15. The molecule has 0 aromatic carbocycles. The number of piperidine rings is 1. The summed E-state index contributed by atoms with van der Waals surface area (Å²) in [5, 5.41) is 15.6. The fourth-order valence-corrected chi connectivity index (χ4v) is 3.24. The number of pyridine rings is 2. The first-order chi connectivity index (χ1) is 12.5. The normalized spacial score (nSPS) is 21.1. The van der Waals surface area contributed by atoms with E-state index in [4.69, 9.17) is 5.26 Å². The van der Waals surface area contributed by atoms with Crippen LogP contribution >= 0.6 is 0 Å². The van der Waals surface area contributed by atoms with Gasteiger partial charge in [-0.25, -0.2) is 9.37 Å². The van der Waals surface area contributed by atoms with E-state index in [1.807, 2.05) is 13.0 Å². The lowest BCUT2D eigenvalue weighted by atomic mass is 9.98. The average molecular weight is 357 g/mol. The molecule has 2 unspecified atom stereocenters. The first-order valence-corrected chi connectivity index (χ1v) is 8.55. The second kappa shape index (κ2) is 7.62. The van der Waals surface area contributed by atoms with Crippen LogP contribution in [0.25, 0.3) is 10.9 Å². The third-order valence-corrected chi connectivity index (χ3v) is 4.69. The monoisotopic (exact) mass is 357 g/mol. The van der Waals surface area contributed by atoms with Crippen molar-refractivity contribution in [1.82, 2.24) is 20.6 Å². The van der Waals surface area contributed by atoms with Crippen LogP contribution in [-0.4, -0.2) is 40.7 Å². The molecule has 1 aliphatic heterocycles. The van der Waals surface area contributed by atoms with Gasteiger partial charge in [-0.05, 0) is 31.9 Å². The molecule has 136 valence electrons. The fraction of sp³-hybridized carbons (Fsp3) is 0.444. The molecule has 0 spiro atoms. The fourth-order valence-electron chi connectivity index (χ4n) is 3.24. The minimum atomic E-state index is -0.840. The summed E-state index contributed by atoms with van der Waals surface area (Å²) in [5.74, 6) is -0.297. The SMILES string of the molecule is C[C@@H](NC(=O)Cc1cc2c(C#N)nccc2[nH]c1=O)C1CCC(F)CN1. The van der Waals surface area contributed by atoms with Crippen molar-refractivity contribution in [2.75, 3.05) is 6.54 Å². The molecule has 0 aliphatic carbocycles. The van der Waals surface area contributed by atoms with Gasteiger partial charge in [0.15, 0.2) is 0 Å². The highest BCUT2D eigenvalue weighted by Crippen LogP contribution is 2.15. The highest BCUT2D eigenvalue weighted by Gasteiger charge is 2.25. The van der Waals surface area contributed by atoms with E-state index < -0.39 is 6.17 Å². The molecule has 0 saturated carbocycles. The first-order valence-electron chi connectivity index (χ1n) is 8.55. The second-order valence-electron chi connectivity index (χ2n) is 6.58. The number of hydrogen-bond donors (Lipinski definition) is 3. The molecule has 2 aromatic rings. The standard InChI is InChI=1S/C18H20FN5O2/c1-10(14-3-2-12(19)9-22-14)23-17(25)7-11-6-13-15(24-18(11)26)4-5-21-16(13)8-20/h4-6,10,12,14,22H,2-3,7,9H2,1H3,(H,23,25)(H,24,26)/t10-,12?,14?/m1/s1. The Morgan fingerprint density at radius 1 is 1.54 bits per heavy atom. The molecular weight excluding hydrogens is 337 g/mol. The number of alkyl halides is 1. The Kier molecular flexibility index (Phi) is 5.28. The number of carbonyl (C=O) groups is 1. The van der Waals surface area contributed by atoms with Gasteiger partial charge in [-0.3, -0.25) is 9.59 Å². The van der Waals surface area contributed by atoms with E-state index in [2.05, 4.69) is 20.6 Å². The van der Waals surface area contributed by atoms with E-state index >= 15 is 0 Å². The van der Waals surface area contributed by atoms with Gasteiger partial charge in [-0.1, -0.05) is 0 Å². The van der Waals surface area contributed by atoms with Crippen molar-refractivity contribution in [1.29, 1.82) is 5.26 Å². The summed E-state index contributed by atoms with van der Waals surface area (Å²) >= 11 is 0. The molecule has 1 aliphatic rings. The average Bonchev–Trinajstić information content (AvgIpc) is 2.62. The molecule has 26 heavy (non-hydrogen) atoms. The maximum absolute atomic E-state index is 13.2. The van der Waals surface area contributed by atoms with E-state index in [-0.39, 0.29) is 41.2 Å². The summed E-state index contributed by atoms with van der Waals surface area (Å²) in [4.78, 5) is 31.2. The number of fused-ring (bicyclic) bond motifs is 1. The van der Waals surface area contributed by atoms with E-state index in [0.29, 0.717) is 30.3 Å². The number of rotatable bonds is 4. The van der Waals surface area contributed by atoms with Crippen molar-refractivity contribution < 1.29 is 9.18 Å². The Morgan fingerprint density at radius 2 is 2.35 bits per heavy atom. The molecule has 1 fully saturated rings. The van der Waals surface area contributed by atoms with Crippen LogP contribution in [0.5, 0.6) is 0 Å². The molecule has 3 N–H and O–H groups in total. The van der Waals surface area contributed by atoms with Gasteiger partial charge < -0.3 is 15.6 Å². The predicted molar refractivity (Wildman–Crippen MR) is 94.3 cm³/mol.